The third kappa shape index (κ3) is 4.38. The molecule has 2 aromatic carbocycles. The molecule has 0 atom stereocenters. The molecule has 1 aliphatic rings. The van der Waals surface area contributed by atoms with Crippen molar-refractivity contribution < 1.29 is 9.59 Å². The molecule has 6 heteroatoms. The van der Waals surface area contributed by atoms with Gasteiger partial charge in [0.15, 0.2) is 0 Å². The number of rotatable bonds is 4. The molecule has 1 fully saturated rings. The second kappa shape index (κ2) is 8.86. The number of aromatic nitrogens is 2. The zero-order valence-electron chi connectivity index (χ0n) is 16.9. The highest BCUT2D eigenvalue weighted by atomic mass is 16.2. The Labute approximate surface area is 176 Å². The van der Waals surface area contributed by atoms with Crippen LogP contribution in [0, 0.1) is 6.92 Å². The third-order valence-electron chi connectivity index (χ3n) is 5.53. The maximum Gasteiger partial charge on any atom is 0.253 e. The van der Waals surface area contributed by atoms with E-state index in [1.165, 1.54) is 6.33 Å². The SMILES string of the molecule is Cc1ccccc1C(=O)NC1CCN(C(=O)c2ccc(-c3cncnc3)cc2)CC1. The van der Waals surface area contributed by atoms with Crippen molar-refractivity contribution in [2.45, 2.75) is 25.8 Å². The van der Waals surface area contributed by atoms with Gasteiger partial charge in [-0.2, -0.15) is 0 Å². The van der Waals surface area contributed by atoms with E-state index in [0.717, 1.165) is 29.5 Å². The van der Waals surface area contributed by atoms with Crippen LogP contribution < -0.4 is 5.32 Å². The Morgan fingerprint density at radius 1 is 0.933 bits per heavy atom. The minimum absolute atomic E-state index is 0.0227. The molecule has 3 aromatic rings. The molecule has 152 valence electrons. The fraction of sp³-hybridized carbons (Fsp3) is 0.250. The van der Waals surface area contributed by atoms with Gasteiger partial charge in [0, 0.05) is 48.2 Å². The smallest absolute Gasteiger partial charge is 0.253 e. The maximum absolute atomic E-state index is 12.9. The molecule has 4 rings (SSSR count). The molecule has 0 unspecified atom stereocenters. The van der Waals surface area contributed by atoms with Crippen LogP contribution in [0.4, 0.5) is 0 Å². The Morgan fingerprint density at radius 2 is 1.60 bits per heavy atom. The summed E-state index contributed by atoms with van der Waals surface area (Å²) in [6.07, 6.45) is 6.50. The normalized spacial score (nSPS) is 14.4. The van der Waals surface area contributed by atoms with Gasteiger partial charge >= 0.3 is 0 Å². The van der Waals surface area contributed by atoms with Gasteiger partial charge in [-0.25, -0.2) is 9.97 Å². The van der Waals surface area contributed by atoms with Crippen LogP contribution in [0.15, 0.2) is 67.3 Å². The maximum atomic E-state index is 12.9. The number of amides is 2. The Kier molecular flexibility index (Phi) is 5.84. The zero-order chi connectivity index (χ0) is 20.9. The molecule has 30 heavy (non-hydrogen) atoms. The minimum Gasteiger partial charge on any atom is -0.349 e. The van der Waals surface area contributed by atoms with E-state index >= 15 is 0 Å². The van der Waals surface area contributed by atoms with Gasteiger partial charge in [-0.15, -0.1) is 0 Å². The first kappa shape index (κ1) is 19.8. The number of likely N-dealkylation sites (tertiary alicyclic amines) is 1. The van der Waals surface area contributed by atoms with Gasteiger partial charge in [0.25, 0.3) is 11.8 Å². The summed E-state index contributed by atoms with van der Waals surface area (Å²) in [5, 5.41) is 3.11. The van der Waals surface area contributed by atoms with Crippen molar-refractivity contribution in [2.24, 2.45) is 0 Å². The average molecular weight is 400 g/mol. The van der Waals surface area contributed by atoms with E-state index in [-0.39, 0.29) is 17.9 Å². The summed E-state index contributed by atoms with van der Waals surface area (Å²) in [6.45, 7) is 3.20. The van der Waals surface area contributed by atoms with Gasteiger partial charge in [-0.3, -0.25) is 9.59 Å². The Hall–Kier alpha value is -3.54. The van der Waals surface area contributed by atoms with Crippen LogP contribution in [0.2, 0.25) is 0 Å². The van der Waals surface area contributed by atoms with Crippen LogP contribution in [-0.4, -0.2) is 45.8 Å². The summed E-state index contributed by atoms with van der Waals surface area (Å²) < 4.78 is 0. The van der Waals surface area contributed by atoms with Crippen molar-refractivity contribution in [1.29, 1.82) is 0 Å². The number of nitrogens with one attached hydrogen (secondary N) is 1. The minimum atomic E-state index is -0.0432. The van der Waals surface area contributed by atoms with Crippen LogP contribution in [-0.2, 0) is 0 Å². The van der Waals surface area contributed by atoms with Crippen LogP contribution in [0.5, 0.6) is 0 Å². The molecule has 1 saturated heterocycles. The van der Waals surface area contributed by atoms with Crippen molar-refractivity contribution in [1.82, 2.24) is 20.2 Å². The summed E-state index contributed by atoms with van der Waals surface area (Å²) in [5.41, 5.74) is 4.23. The number of carbonyl (C=O) groups excluding carboxylic acids is 2. The first-order valence-electron chi connectivity index (χ1n) is 10.1. The lowest BCUT2D eigenvalue weighted by atomic mass is 10.0. The number of hydrogen-bond acceptors (Lipinski definition) is 4. The summed E-state index contributed by atoms with van der Waals surface area (Å²) in [7, 11) is 0. The summed E-state index contributed by atoms with van der Waals surface area (Å²) in [5.74, 6) is -0.0205. The topological polar surface area (TPSA) is 75.2 Å². The molecule has 1 aliphatic heterocycles. The molecule has 0 aliphatic carbocycles. The van der Waals surface area contributed by atoms with E-state index in [4.69, 9.17) is 0 Å². The van der Waals surface area contributed by atoms with E-state index in [2.05, 4.69) is 15.3 Å². The Bertz CT molecular complexity index is 1030. The van der Waals surface area contributed by atoms with Gasteiger partial charge in [-0.1, -0.05) is 30.3 Å². The number of nitrogens with zero attached hydrogens (tertiary/aromatic N) is 3. The van der Waals surface area contributed by atoms with Gasteiger partial charge < -0.3 is 10.2 Å². The molecule has 0 radical (unpaired) electrons. The van der Waals surface area contributed by atoms with Crippen molar-refractivity contribution in [3.8, 4) is 11.1 Å². The molecular formula is C24H24N4O2. The fourth-order valence-corrected chi connectivity index (χ4v) is 3.75. The highest BCUT2D eigenvalue weighted by Crippen LogP contribution is 2.20. The Balaban J connectivity index is 1.33. The summed E-state index contributed by atoms with van der Waals surface area (Å²) >= 11 is 0. The molecule has 1 aromatic heterocycles. The number of carbonyl (C=O) groups is 2. The second-order valence-corrected chi connectivity index (χ2v) is 7.56. The Morgan fingerprint density at radius 3 is 2.27 bits per heavy atom. The molecule has 0 bridgehead atoms. The predicted molar refractivity (Wildman–Crippen MR) is 115 cm³/mol. The van der Waals surface area contributed by atoms with E-state index in [0.29, 0.717) is 24.2 Å². The van der Waals surface area contributed by atoms with E-state index in [9.17, 15) is 9.59 Å². The number of aryl methyl sites for hydroxylation is 1. The van der Waals surface area contributed by atoms with Crippen LogP contribution in [0.1, 0.15) is 39.1 Å². The van der Waals surface area contributed by atoms with Gasteiger partial charge in [0.1, 0.15) is 6.33 Å². The highest BCUT2D eigenvalue weighted by molar-refractivity contribution is 5.96. The monoisotopic (exact) mass is 400 g/mol. The predicted octanol–water partition coefficient (Wildman–Crippen LogP) is 3.49. The van der Waals surface area contributed by atoms with Gasteiger partial charge in [0.05, 0.1) is 0 Å². The van der Waals surface area contributed by atoms with Gasteiger partial charge in [0.2, 0.25) is 0 Å². The number of hydrogen-bond donors (Lipinski definition) is 1. The van der Waals surface area contributed by atoms with E-state index in [1.54, 1.807) is 12.4 Å². The van der Waals surface area contributed by atoms with Crippen molar-refractivity contribution in [3.05, 3.63) is 83.9 Å². The molecule has 0 spiro atoms. The standard InChI is InChI=1S/C24H24N4O2/c1-17-4-2-3-5-22(17)23(29)27-21-10-12-28(13-11-21)24(30)19-8-6-18(7-9-19)20-14-25-16-26-15-20/h2-9,14-16,21H,10-13H2,1H3,(H,27,29). The van der Waals surface area contributed by atoms with Crippen molar-refractivity contribution in [2.75, 3.05) is 13.1 Å². The third-order valence-corrected chi connectivity index (χ3v) is 5.53. The largest absolute Gasteiger partial charge is 0.349 e. The molecule has 0 saturated carbocycles. The van der Waals surface area contributed by atoms with Crippen LogP contribution in [0.25, 0.3) is 11.1 Å². The van der Waals surface area contributed by atoms with Crippen molar-refractivity contribution in [3.63, 3.8) is 0 Å². The van der Waals surface area contributed by atoms with Crippen LogP contribution in [0.3, 0.4) is 0 Å². The molecule has 6 nitrogen and oxygen atoms in total. The quantitative estimate of drug-likeness (QED) is 0.727. The fourth-order valence-electron chi connectivity index (χ4n) is 3.75. The molecule has 2 amide bonds. The van der Waals surface area contributed by atoms with E-state index < -0.39 is 0 Å². The first-order chi connectivity index (χ1) is 14.6. The lowest BCUT2D eigenvalue weighted by Crippen LogP contribution is -2.46. The molecule has 1 N–H and O–H groups in total. The average Bonchev–Trinajstić information content (AvgIpc) is 2.80. The number of benzene rings is 2. The summed E-state index contributed by atoms with van der Waals surface area (Å²) in [4.78, 5) is 35.3. The first-order valence-corrected chi connectivity index (χ1v) is 10.1. The zero-order valence-corrected chi connectivity index (χ0v) is 16.9. The van der Waals surface area contributed by atoms with Crippen LogP contribution >= 0.6 is 0 Å². The lowest BCUT2D eigenvalue weighted by molar-refractivity contribution is 0.0698. The van der Waals surface area contributed by atoms with Gasteiger partial charge in [-0.05, 0) is 49.1 Å². The lowest BCUT2D eigenvalue weighted by Gasteiger charge is -2.32. The highest BCUT2D eigenvalue weighted by Gasteiger charge is 2.25. The van der Waals surface area contributed by atoms with E-state index in [1.807, 2.05) is 60.4 Å². The molecular weight excluding hydrogens is 376 g/mol. The second-order valence-electron chi connectivity index (χ2n) is 7.56. The van der Waals surface area contributed by atoms with Crippen molar-refractivity contribution >= 4 is 11.8 Å². The molecule has 2 heterocycles. The number of piperidine rings is 1. The summed E-state index contributed by atoms with van der Waals surface area (Å²) in [6, 6.07) is 15.2.